The van der Waals surface area contributed by atoms with Gasteiger partial charge in [-0.3, -0.25) is 18.2 Å². The summed E-state index contributed by atoms with van der Waals surface area (Å²) in [7, 11) is -19.5. The van der Waals surface area contributed by atoms with E-state index in [1.165, 1.54) is 78.9 Å². The van der Waals surface area contributed by atoms with Crippen LogP contribution >= 0.6 is 0 Å². The number of carbonyl (C=O) groups is 2. The van der Waals surface area contributed by atoms with Crippen LogP contribution in [0.5, 0.6) is 12.0 Å². The van der Waals surface area contributed by atoms with Crippen molar-refractivity contribution in [2.45, 2.75) is 19.6 Å². The summed E-state index contributed by atoms with van der Waals surface area (Å²) in [6, 6.07) is 22.8. The van der Waals surface area contributed by atoms with Gasteiger partial charge in [0.15, 0.2) is 0 Å². The summed E-state index contributed by atoms with van der Waals surface area (Å²) in [4.78, 5) is 45.9. The smallest absolute Gasteiger partial charge is 0.337 e. The van der Waals surface area contributed by atoms with Crippen LogP contribution in [0, 0.1) is 0 Å². The molecule has 0 aliphatic rings. The Morgan fingerprint density at radius 3 is 1.20 bits per heavy atom. The SMILES string of the molecule is O=C(O)c1cc(Nc2nc(O)nc(Nc3ccc(NNc4cc(S(=O)(=O)O)c5cccc(S(=O)(=O)O)c5c4)cc3)n2)c(C(=O)O)cc1Nc1nc(O)nc(Nc2ccc(N=Nc3cc(S(=O)(=O)O)c4cccc(S(=O)(=O)O)c4c3)cc2)n1. The summed E-state index contributed by atoms with van der Waals surface area (Å²) in [5.74, 6) is -4.77. The van der Waals surface area contributed by atoms with Crippen molar-refractivity contribution in [3.63, 3.8) is 0 Å². The van der Waals surface area contributed by atoms with Crippen LogP contribution in [0.3, 0.4) is 0 Å². The number of rotatable bonds is 19. The Kier molecular flexibility index (Phi) is 14.9. The molecule has 0 aliphatic carbocycles. The fourth-order valence-corrected chi connectivity index (χ4v) is 10.6. The maximum atomic E-state index is 12.6. The van der Waals surface area contributed by atoms with Crippen molar-refractivity contribution in [3.05, 3.63) is 132 Å². The van der Waals surface area contributed by atoms with Crippen LogP contribution in [0.25, 0.3) is 21.5 Å². The number of hydrogen-bond donors (Lipinski definition) is 14. The highest BCUT2D eigenvalue weighted by Gasteiger charge is 2.25. The molecule has 7 aromatic carbocycles. The lowest BCUT2D eigenvalue weighted by atomic mass is 10.1. The van der Waals surface area contributed by atoms with Gasteiger partial charge < -0.3 is 52.5 Å². The minimum Gasteiger partial charge on any atom is -0.479 e. The molecule has 0 atom stereocenters. The standard InChI is InChI=1S/C46H34N14O18S4/c61-39(62)31-20-34(50-44-52-42(54-46(66)56-44)48-22-9-13-24(14-10-22)58-60-26-16-30-28(38(18-26)82(76,77)78)4-2-6-36(30)80(70,71)72)32(40(63)64)19-33(31)49-43-51-41(53-45(65)55-43)47-21-7-11-23(12-8-21)57-59-25-15-29-27(37(17-25)81(73,74)75)3-1-5-35(29)79(67,68)69/h1-20,57,59H,(H,61,62)(H,63,64)(H,67,68,69)(H,70,71,72)(H,73,74,75)(H,76,77,78)(H3,47,49,51,53,55,65)(H3,48,50,52,54,56,66). The molecule has 32 nitrogen and oxygen atoms in total. The Morgan fingerprint density at radius 1 is 0.378 bits per heavy atom. The molecule has 2 heterocycles. The van der Waals surface area contributed by atoms with Gasteiger partial charge in [0.25, 0.3) is 40.5 Å². The maximum Gasteiger partial charge on any atom is 0.337 e. The summed E-state index contributed by atoms with van der Waals surface area (Å²) in [6.45, 7) is 0. The van der Waals surface area contributed by atoms with Crippen molar-refractivity contribution in [2.24, 2.45) is 10.2 Å². The third kappa shape index (κ3) is 12.9. The third-order valence-electron chi connectivity index (χ3n) is 11.2. The van der Waals surface area contributed by atoms with Gasteiger partial charge in [-0.05, 0) is 97.1 Å². The van der Waals surface area contributed by atoms with Crippen LogP contribution in [0.15, 0.2) is 151 Å². The first kappa shape index (κ1) is 56.4. The van der Waals surface area contributed by atoms with Crippen molar-refractivity contribution in [3.8, 4) is 12.0 Å². The second-order valence-corrected chi connectivity index (χ2v) is 22.3. The first-order chi connectivity index (χ1) is 38.5. The minimum absolute atomic E-state index is 0.0409. The number of carboxylic acid groups (broad SMARTS) is 2. The number of aromatic nitrogens is 6. The van der Waals surface area contributed by atoms with Gasteiger partial charge in [0.1, 0.15) is 19.6 Å². The number of hydrazine groups is 1. The molecular formula is C46H34N14O18S4. The molecule has 0 radical (unpaired) electrons. The normalized spacial score (nSPS) is 12.0. The molecule has 82 heavy (non-hydrogen) atoms. The largest absolute Gasteiger partial charge is 0.479 e. The number of anilines is 10. The summed E-state index contributed by atoms with van der Waals surface area (Å²) >= 11 is 0. The topological polar surface area (TPSA) is 507 Å². The van der Waals surface area contributed by atoms with E-state index < -0.39 is 118 Å². The van der Waals surface area contributed by atoms with Gasteiger partial charge in [0.2, 0.25) is 23.8 Å². The zero-order valence-corrected chi connectivity index (χ0v) is 43.7. The lowest BCUT2D eigenvalue weighted by Gasteiger charge is -2.15. The molecule has 2 aromatic heterocycles. The third-order valence-corrected chi connectivity index (χ3v) is 14.8. The first-order valence-electron chi connectivity index (χ1n) is 22.4. The lowest BCUT2D eigenvalue weighted by Crippen LogP contribution is -2.12. The molecule has 0 aliphatic heterocycles. The highest BCUT2D eigenvalue weighted by atomic mass is 32.2. The van der Waals surface area contributed by atoms with Gasteiger partial charge in [-0.25, -0.2) is 9.59 Å². The number of nitrogens with zero attached hydrogens (tertiary/aromatic N) is 8. The molecule has 0 unspecified atom stereocenters. The van der Waals surface area contributed by atoms with E-state index in [9.17, 15) is 81.9 Å². The van der Waals surface area contributed by atoms with Crippen molar-refractivity contribution < 1.29 is 81.9 Å². The van der Waals surface area contributed by atoms with Gasteiger partial charge in [-0.2, -0.15) is 73.8 Å². The highest BCUT2D eigenvalue weighted by molar-refractivity contribution is 7.87. The second-order valence-electron chi connectivity index (χ2n) is 16.7. The molecule has 9 rings (SSSR count). The fraction of sp³-hybridized carbons (Fsp3) is 0. The van der Waals surface area contributed by atoms with E-state index in [-0.39, 0.29) is 61.9 Å². The van der Waals surface area contributed by atoms with Gasteiger partial charge in [0, 0.05) is 32.9 Å². The van der Waals surface area contributed by atoms with Crippen LogP contribution in [-0.4, -0.2) is 114 Å². The quantitative estimate of drug-likeness (QED) is 0.0220. The number of azo groups is 1. The lowest BCUT2D eigenvalue weighted by molar-refractivity contribution is 0.0683. The average molecular weight is 1200 g/mol. The monoisotopic (exact) mass is 1200 g/mol. The Bertz CT molecular complexity index is 4620. The van der Waals surface area contributed by atoms with E-state index in [2.05, 4.69) is 72.3 Å². The molecular weight excluding hydrogens is 1160 g/mol. The van der Waals surface area contributed by atoms with Crippen molar-refractivity contribution >= 4 is 143 Å². The molecule has 0 fully saturated rings. The Morgan fingerprint density at radius 2 is 0.756 bits per heavy atom. The zero-order valence-electron chi connectivity index (χ0n) is 40.4. The first-order valence-corrected chi connectivity index (χ1v) is 28.1. The molecule has 9 aromatic rings. The van der Waals surface area contributed by atoms with Gasteiger partial charge in [-0.1, -0.05) is 24.3 Å². The zero-order chi connectivity index (χ0) is 59.1. The van der Waals surface area contributed by atoms with Crippen molar-refractivity contribution in [1.82, 2.24) is 29.9 Å². The maximum absolute atomic E-state index is 12.6. The van der Waals surface area contributed by atoms with E-state index in [4.69, 9.17) is 0 Å². The van der Waals surface area contributed by atoms with E-state index in [0.29, 0.717) is 5.69 Å². The van der Waals surface area contributed by atoms with E-state index in [0.717, 1.165) is 42.5 Å². The summed E-state index contributed by atoms with van der Waals surface area (Å²) in [5.41, 5.74) is 4.28. The molecule has 0 saturated heterocycles. The molecule has 14 N–H and O–H groups in total. The van der Waals surface area contributed by atoms with E-state index in [1.54, 1.807) is 0 Å². The fourth-order valence-electron chi connectivity index (χ4n) is 7.76. The number of fused-ring (bicyclic) bond motifs is 2. The molecule has 0 spiro atoms. The number of aromatic hydroxyl groups is 2. The number of carboxylic acids is 2. The van der Waals surface area contributed by atoms with Crippen LogP contribution < -0.4 is 32.1 Å². The van der Waals surface area contributed by atoms with Crippen LogP contribution in [-0.2, 0) is 40.5 Å². The van der Waals surface area contributed by atoms with Gasteiger partial charge >= 0.3 is 24.0 Å². The average Bonchev–Trinajstić information content (AvgIpc) is 3.17. The summed E-state index contributed by atoms with van der Waals surface area (Å²) < 4.78 is 136. The Balaban J connectivity index is 0.887. The molecule has 36 heteroatoms. The predicted octanol–water partition coefficient (Wildman–Crippen LogP) is 6.99. The summed E-state index contributed by atoms with van der Waals surface area (Å²) in [6.07, 6.45) is 0. The number of aromatic carboxylic acids is 2. The van der Waals surface area contributed by atoms with Crippen molar-refractivity contribution in [2.75, 3.05) is 32.1 Å². The van der Waals surface area contributed by atoms with E-state index in [1.807, 2.05) is 0 Å². The summed E-state index contributed by atoms with van der Waals surface area (Å²) in [5, 5.41) is 59.0. The molecule has 0 amide bonds. The van der Waals surface area contributed by atoms with Gasteiger partial charge in [0.05, 0.1) is 45.3 Å². The Labute approximate surface area is 459 Å². The van der Waals surface area contributed by atoms with Gasteiger partial charge in [-0.15, -0.1) is 0 Å². The van der Waals surface area contributed by atoms with Crippen LogP contribution in [0.2, 0.25) is 0 Å². The van der Waals surface area contributed by atoms with Crippen LogP contribution in [0.4, 0.5) is 69.3 Å². The molecule has 0 saturated carbocycles. The Hall–Kier alpha value is -10.3. The predicted molar refractivity (Wildman–Crippen MR) is 288 cm³/mol. The number of nitrogens with one attached hydrogen (secondary N) is 6. The minimum atomic E-state index is -4.92. The second kappa shape index (κ2) is 21.7. The van der Waals surface area contributed by atoms with Crippen molar-refractivity contribution in [1.29, 1.82) is 0 Å². The number of benzene rings is 7. The van der Waals surface area contributed by atoms with E-state index >= 15 is 0 Å². The highest BCUT2D eigenvalue weighted by Crippen LogP contribution is 2.36. The molecule has 0 bridgehead atoms. The molecule has 420 valence electrons. The van der Waals surface area contributed by atoms with Crippen LogP contribution in [0.1, 0.15) is 20.7 Å². The number of hydrogen-bond acceptors (Lipinski definition) is 26.